The SMILES string of the molecule is COc1cc(-n2ccc3cc(OC[C@@H]4CCCO4)ccc3c2=O)ccc1OCC(OC)OC. The van der Waals surface area contributed by atoms with Crippen LogP contribution in [0.3, 0.4) is 0 Å². The molecule has 8 heteroatoms. The van der Waals surface area contributed by atoms with E-state index in [0.29, 0.717) is 29.2 Å². The fourth-order valence-electron chi connectivity index (χ4n) is 3.80. The van der Waals surface area contributed by atoms with E-state index in [4.69, 9.17) is 28.4 Å². The van der Waals surface area contributed by atoms with Gasteiger partial charge in [-0.3, -0.25) is 9.36 Å². The van der Waals surface area contributed by atoms with E-state index in [1.54, 1.807) is 56.4 Å². The molecule has 1 atom stereocenters. The second kappa shape index (κ2) is 10.7. The first-order chi connectivity index (χ1) is 16.1. The van der Waals surface area contributed by atoms with E-state index in [1.807, 2.05) is 18.2 Å². The highest BCUT2D eigenvalue weighted by Crippen LogP contribution is 2.30. The molecule has 3 aromatic rings. The van der Waals surface area contributed by atoms with Crippen LogP contribution in [0.5, 0.6) is 17.2 Å². The first-order valence-electron chi connectivity index (χ1n) is 10.9. The summed E-state index contributed by atoms with van der Waals surface area (Å²) in [5.74, 6) is 1.76. The Morgan fingerprint density at radius 1 is 1.03 bits per heavy atom. The number of aromatic nitrogens is 1. The molecule has 0 saturated carbocycles. The molecule has 1 aliphatic heterocycles. The molecule has 8 nitrogen and oxygen atoms in total. The molecule has 0 amide bonds. The maximum atomic E-state index is 13.2. The smallest absolute Gasteiger partial charge is 0.262 e. The quantitative estimate of drug-likeness (QED) is 0.433. The van der Waals surface area contributed by atoms with Gasteiger partial charge >= 0.3 is 0 Å². The van der Waals surface area contributed by atoms with Crippen molar-refractivity contribution in [1.29, 1.82) is 0 Å². The number of hydrogen-bond acceptors (Lipinski definition) is 7. The van der Waals surface area contributed by atoms with Crippen molar-refractivity contribution in [2.24, 2.45) is 0 Å². The average molecular weight is 456 g/mol. The first kappa shape index (κ1) is 23.1. The van der Waals surface area contributed by atoms with Gasteiger partial charge in [0.25, 0.3) is 5.56 Å². The second-order valence-electron chi connectivity index (χ2n) is 7.73. The molecule has 1 saturated heterocycles. The topological polar surface area (TPSA) is 77.4 Å². The molecular formula is C25H29NO7. The molecule has 4 rings (SSSR count). The highest BCUT2D eigenvalue weighted by atomic mass is 16.7. The summed E-state index contributed by atoms with van der Waals surface area (Å²) in [6.45, 7) is 1.52. The van der Waals surface area contributed by atoms with E-state index in [2.05, 4.69) is 0 Å². The molecule has 33 heavy (non-hydrogen) atoms. The van der Waals surface area contributed by atoms with Crippen LogP contribution in [0, 0.1) is 0 Å². The summed E-state index contributed by atoms with van der Waals surface area (Å²) < 4.78 is 34.6. The highest BCUT2D eigenvalue weighted by molar-refractivity contribution is 5.83. The summed E-state index contributed by atoms with van der Waals surface area (Å²) in [6, 6.07) is 12.7. The van der Waals surface area contributed by atoms with Crippen LogP contribution < -0.4 is 19.8 Å². The van der Waals surface area contributed by atoms with E-state index >= 15 is 0 Å². The minimum atomic E-state index is -0.489. The van der Waals surface area contributed by atoms with Gasteiger partial charge in [0.2, 0.25) is 0 Å². The van der Waals surface area contributed by atoms with Gasteiger partial charge in [-0.1, -0.05) is 0 Å². The van der Waals surface area contributed by atoms with Crippen LogP contribution >= 0.6 is 0 Å². The Morgan fingerprint density at radius 2 is 1.88 bits per heavy atom. The van der Waals surface area contributed by atoms with E-state index in [0.717, 1.165) is 30.6 Å². The van der Waals surface area contributed by atoms with Crippen molar-refractivity contribution >= 4 is 10.8 Å². The van der Waals surface area contributed by atoms with Gasteiger partial charge in [-0.05, 0) is 54.6 Å². The Balaban J connectivity index is 1.55. The highest BCUT2D eigenvalue weighted by Gasteiger charge is 2.16. The molecule has 176 valence electrons. The van der Waals surface area contributed by atoms with E-state index in [1.165, 1.54) is 0 Å². The zero-order valence-corrected chi connectivity index (χ0v) is 19.1. The van der Waals surface area contributed by atoms with Crippen molar-refractivity contribution in [3.8, 4) is 22.9 Å². The van der Waals surface area contributed by atoms with Crippen molar-refractivity contribution in [3.05, 3.63) is 59.0 Å². The van der Waals surface area contributed by atoms with Gasteiger partial charge in [-0.2, -0.15) is 0 Å². The largest absolute Gasteiger partial charge is 0.493 e. The van der Waals surface area contributed by atoms with Crippen LogP contribution in [0.2, 0.25) is 0 Å². The van der Waals surface area contributed by atoms with Crippen LogP contribution in [-0.2, 0) is 14.2 Å². The third-order valence-electron chi connectivity index (χ3n) is 5.66. The number of pyridine rings is 1. The van der Waals surface area contributed by atoms with Crippen molar-refractivity contribution in [3.63, 3.8) is 0 Å². The standard InChI is InChI=1S/C25H29NO7/c1-28-23-14-18(6-9-22(23)33-16-24(29-2)30-3)26-11-10-17-13-19(7-8-21(17)25(26)27)32-15-20-5-4-12-31-20/h6-11,13-14,20,24H,4-5,12,15-16H2,1-3H3/t20-/m0/s1. The normalized spacial score (nSPS) is 15.8. The lowest BCUT2D eigenvalue weighted by Crippen LogP contribution is -2.22. The lowest BCUT2D eigenvalue weighted by atomic mass is 10.1. The zero-order valence-electron chi connectivity index (χ0n) is 19.1. The molecule has 0 unspecified atom stereocenters. The van der Waals surface area contributed by atoms with E-state index in [9.17, 15) is 4.79 Å². The van der Waals surface area contributed by atoms with Gasteiger partial charge in [0.1, 0.15) is 19.0 Å². The Morgan fingerprint density at radius 3 is 2.61 bits per heavy atom. The summed E-state index contributed by atoms with van der Waals surface area (Å²) in [7, 11) is 4.64. The predicted molar refractivity (Wildman–Crippen MR) is 124 cm³/mol. The summed E-state index contributed by atoms with van der Waals surface area (Å²) in [4.78, 5) is 13.2. The number of rotatable bonds is 10. The molecular weight excluding hydrogens is 426 g/mol. The molecule has 0 aliphatic carbocycles. The van der Waals surface area contributed by atoms with Gasteiger partial charge in [0.05, 0.1) is 18.9 Å². The Labute approximate surface area is 192 Å². The molecule has 0 spiro atoms. The lowest BCUT2D eigenvalue weighted by Gasteiger charge is -2.17. The van der Waals surface area contributed by atoms with Gasteiger partial charge in [-0.25, -0.2) is 0 Å². The monoisotopic (exact) mass is 455 g/mol. The van der Waals surface area contributed by atoms with Crippen molar-refractivity contribution in [2.75, 3.05) is 41.2 Å². The maximum absolute atomic E-state index is 13.2. The third-order valence-corrected chi connectivity index (χ3v) is 5.66. The Kier molecular flexibility index (Phi) is 7.49. The van der Waals surface area contributed by atoms with Crippen LogP contribution in [0.25, 0.3) is 16.5 Å². The van der Waals surface area contributed by atoms with Crippen molar-refractivity contribution in [2.45, 2.75) is 25.2 Å². The minimum absolute atomic E-state index is 0.132. The van der Waals surface area contributed by atoms with Crippen LogP contribution in [0.1, 0.15) is 12.8 Å². The first-order valence-corrected chi connectivity index (χ1v) is 10.9. The Bertz CT molecular complexity index is 1130. The number of nitrogens with zero attached hydrogens (tertiary/aromatic N) is 1. The van der Waals surface area contributed by atoms with Crippen LogP contribution in [0.15, 0.2) is 53.5 Å². The molecule has 0 N–H and O–H groups in total. The van der Waals surface area contributed by atoms with E-state index in [-0.39, 0.29) is 18.3 Å². The minimum Gasteiger partial charge on any atom is -0.493 e. The number of benzene rings is 2. The number of ether oxygens (including phenoxy) is 6. The summed E-state index contributed by atoms with van der Waals surface area (Å²) in [6.07, 6.45) is 3.49. The number of hydrogen-bond donors (Lipinski definition) is 0. The van der Waals surface area contributed by atoms with Gasteiger partial charge in [-0.15, -0.1) is 0 Å². The summed E-state index contributed by atoms with van der Waals surface area (Å²) in [5, 5.41) is 1.42. The molecule has 0 bridgehead atoms. The lowest BCUT2D eigenvalue weighted by molar-refractivity contribution is -0.122. The van der Waals surface area contributed by atoms with Gasteiger partial charge < -0.3 is 28.4 Å². The molecule has 2 aromatic carbocycles. The summed E-state index contributed by atoms with van der Waals surface area (Å²) in [5.41, 5.74) is 0.535. The molecule has 0 radical (unpaired) electrons. The summed E-state index contributed by atoms with van der Waals surface area (Å²) >= 11 is 0. The number of fused-ring (bicyclic) bond motifs is 1. The van der Waals surface area contributed by atoms with Gasteiger partial charge in [0, 0.05) is 38.5 Å². The average Bonchev–Trinajstić information content (AvgIpc) is 3.37. The zero-order chi connectivity index (χ0) is 23.2. The predicted octanol–water partition coefficient (Wildman–Crippen LogP) is 3.55. The van der Waals surface area contributed by atoms with Gasteiger partial charge in [0.15, 0.2) is 17.8 Å². The van der Waals surface area contributed by atoms with Crippen molar-refractivity contribution < 1.29 is 28.4 Å². The van der Waals surface area contributed by atoms with Crippen LogP contribution in [0.4, 0.5) is 0 Å². The van der Waals surface area contributed by atoms with Crippen molar-refractivity contribution in [1.82, 2.24) is 4.57 Å². The molecule has 1 aromatic heterocycles. The molecule has 1 fully saturated rings. The second-order valence-corrected chi connectivity index (χ2v) is 7.73. The Hall–Kier alpha value is -3.07. The third kappa shape index (κ3) is 5.30. The van der Waals surface area contributed by atoms with E-state index < -0.39 is 6.29 Å². The maximum Gasteiger partial charge on any atom is 0.262 e. The number of methoxy groups -OCH3 is 3. The fourth-order valence-corrected chi connectivity index (χ4v) is 3.80. The molecule has 1 aliphatic rings. The van der Waals surface area contributed by atoms with Crippen LogP contribution in [-0.4, -0.2) is 58.1 Å². The molecule has 2 heterocycles. The fraction of sp³-hybridized carbons (Fsp3) is 0.400.